The predicted molar refractivity (Wildman–Crippen MR) is 128 cm³/mol. The number of rotatable bonds is 8. The van der Waals surface area contributed by atoms with Crippen molar-refractivity contribution in [1.29, 1.82) is 0 Å². The summed E-state index contributed by atoms with van der Waals surface area (Å²) in [6, 6.07) is 15.2. The molecule has 168 valence electrons. The number of aryl methyl sites for hydroxylation is 1. The van der Waals surface area contributed by atoms with Gasteiger partial charge in [-0.05, 0) is 36.2 Å². The molecule has 1 aliphatic heterocycles. The standard InChI is InChI=1S/C24H28N4O3S/c1-2-18-7-9-19(10-8-18)25-22(29)17-32-24-26-21-6-4-3-5-20(21)23(30)28(24)12-11-27-13-15-31-16-14-27/h3-10H,2,11-17H2,1H3,(H,25,29)/p+1. The Morgan fingerprint density at radius 2 is 1.91 bits per heavy atom. The lowest BCUT2D eigenvalue weighted by atomic mass is 10.1. The Morgan fingerprint density at radius 1 is 1.16 bits per heavy atom. The van der Waals surface area contributed by atoms with Crippen LogP contribution in [0.1, 0.15) is 12.5 Å². The van der Waals surface area contributed by atoms with Crippen molar-refractivity contribution in [1.82, 2.24) is 9.55 Å². The molecule has 8 heteroatoms. The number of aromatic nitrogens is 2. The summed E-state index contributed by atoms with van der Waals surface area (Å²) in [5.41, 5.74) is 2.60. The van der Waals surface area contributed by atoms with Crippen LogP contribution < -0.4 is 15.8 Å². The normalized spacial score (nSPS) is 14.5. The Labute approximate surface area is 191 Å². The second-order valence-electron chi connectivity index (χ2n) is 7.87. The molecule has 32 heavy (non-hydrogen) atoms. The number of fused-ring (bicyclic) bond motifs is 1. The van der Waals surface area contributed by atoms with Crippen molar-refractivity contribution in [3.8, 4) is 0 Å². The number of anilines is 1. The first-order chi connectivity index (χ1) is 15.6. The van der Waals surface area contributed by atoms with Gasteiger partial charge in [0, 0.05) is 5.69 Å². The molecule has 1 fully saturated rings. The zero-order valence-electron chi connectivity index (χ0n) is 18.3. The average Bonchev–Trinajstić information content (AvgIpc) is 2.83. The number of nitrogens with zero attached hydrogens (tertiary/aromatic N) is 2. The summed E-state index contributed by atoms with van der Waals surface area (Å²) >= 11 is 1.30. The van der Waals surface area contributed by atoms with E-state index in [4.69, 9.17) is 9.72 Å². The molecule has 2 aromatic carbocycles. The second-order valence-corrected chi connectivity index (χ2v) is 8.81. The molecule has 1 aliphatic rings. The molecule has 0 unspecified atom stereocenters. The second kappa shape index (κ2) is 10.8. The number of ether oxygens (including phenoxy) is 1. The fourth-order valence-corrected chi connectivity index (χ4v) is 4.61. The molecule has 2 N–H and O–H groups in total. The van der Waals surface area contributed by atoms with E-state index in [1.807, 2.05) is 48.5 Å². The molecule has 1 amide bonds. The summed E-state index contributed by atoms with van der Waals surface area (Å²) < 4.78 is 7.15. The third-order valence-electron chi connectivity index (χ3n) is 5.69. The smallest absolute Gasteiger partial charge is 0.262 e. The minimum Gasteiger partial charge on any atom is -0.370 e. The van der Waals surface area contributed by atoms with E-state index in [-0.39, 0.29) is 17.2 Å². The van der Waals surface area contributed by atoms with Crippen LogP contribution in [0.3, 0.4) is 0 Å². The molecule has 0 aliphatic carbocycles. The van der Waals surface area contributed by atoms with Crippen LogP contribution in [0.15, 0.2) is 58.5 Å². The van der Waals surface area contributed by atoms with Gasteiger partial charge in [0.25, 0.3) is 5.56 Å². The summed E-state index contributed by atoms with van der Waals surface area (Å²) in [5.74, 6) is 0.0667. The van der Waals surface area contributed by atoms with Crippen molar-refractivity contribution in [3.05, 3.63) is 64.4 Å². The van der Waals surface area contributed by atoms with E-state index in [0.717, 1.165) is 45.0 Å². The van der Waals surface area contributed by atoms with Gasteiger partial charge in [0.05, 0.1) is 43.0 Å². The number of hydrogen-bond acceptors (Lipinski definition) is 5. The molecule has 0 atom stereocenters. The van der Waals surface area contributed by atoms with Gasteiger partial charge in [0.15, 0.2) is 5.16 Å². The summed E-state index contributed by atoms with van der Waals surface area (Å²) in [5, 5.41) is 4.11. The number of hydrogen-bond donors (Lipinski definition) is 2. The van der Waals surface area contributed by atoms with Gasteiger partial charge in [-0.15, -0.1) is 0 Å². The van der Waals surface area contributed by atoms with Gasteiger partial charge in [0.1, 0.15) is 13.1 Å². The Kier molecular flexibility index (Phi) is 7.57. The highest BCUT2D eigenvalue weighted by Crippen LogP contribution is 2.18. The first kappa shape index (κ1) is 22.5. The van der Waals surface area contributed by atoms with E-state index in [1.165, 1.54) is 22.2 Å². The molecule has 3 aromatic rings. The van der Waals surface area contributed by atoms with Crippen molar-refractivity contribution in [3.63, 3.8) is 0 Å². The van der Waals surface area contributed by atoms with Crippen molar-refractivity contribution in [2.75, 3.05) is 43.9 Å². The Bertz CT molecular complexity index is 1120. The molecule has 2 heterocycles. The summed E-state index contributed by atoms with van der Waals surface area (Å²) in [4.78, 5) is 31.9. The maximum atomic E-state index is 13.2. The molecular formula is C24H29N4O3S+. The minimum atomic E-state index is -0.119. The Morgan fingerprint density at radius 3 is 2.66 bits per heavy atom. The van der Waals surface area contributed by atoms with Gasteiger partial charge in [-0.3, -0.25) is 14.2 Å². The fourth-order valence-electron chi connectivity index (χ4n) is 3.79. The van der Waals surface area contributed by atoms with Crippen LogP contribution in [-0.4, -0.2) is 54.1 Å². The van der Waals surface area contributed by atoms with E-state index in [2.05, 4.69) is 12.2 Å². The number of benzene rings is 2. The number of carbonyl (C=O) groups excluding carboxylic acids is 1. The van der Waals surface area contributed by atoms with E-state index >= 15 is 0 Å². The molecule has 0 spiro atoms. The van der Waals surface area contributed by atoms with Gasteiger partial charge < -0.3 is 15.0 Å². The molecule has 0 radical (unpaired) electrons. The lowest BCUT2D eigenvalue weighted by Crippen LogP contribution is -3.14. The Balaban J connectivity index is 1.49. The molecule has 1 saturated heterocycles. The van der Waals surface area contributed by atoms with Crippen LogP contribution in [0.5, 0.6) is 0 Å². The first-order valence-electron chi connectivity index (χ1n) is 11.1. The third-order valence-corrected chi connectivity index (χ3v) is 6.67. The summed E-state index contributed by atoms with van der Waals surface area (Å²) in [6.45, 7) is 6.87. The number of para-hydroxylation sites is 1. The molecule has 4 rings (SSSR count). The van der Waals surface area contributed by atoms with Crippen LogP contribution >= 0.6 is 11.8 Å². The van der Waals surface area contributed by atoms with Gasteiger partial charge in [-0.2, -0.15) is 0 Å². The molecule has 0 bridgehead atoms. The van der Waals surface area contributed by atoms with Gasteiger partial charge in [-0.25, -0.2) is 4.98 Å². The summed E-state index contributed by atoms with van der Waals surface area (Å²) in [6.07, 6.45) is 0.960. The van der Waals surface area contributed by atoms with Crippen LogP contribution in [0.25, 0.3) is 10.9 Å². The zero-order chi connectivity index (χ0) is 22.3. The minimum absolute atomic E-state index is 0.0543. The molecule has 0 saturated carbocycles. The number of quaternary nitrogens is 1. The van der Waals surface area contributed by atoms with Crippen molar-refractivity contribution in [2.24, 2.45) is 0 Å². The molecule has 7 nitrogen and oxygen atoms in total. The highest BCUT2D eigenvalue weighted by molar-refractivity contribution is 7.99. The van der Waals surface area contributed by atoms with E-state index in [0.29, 0.717) is 22.6 Å². The maximum Gasteiger partial charge on any atom is 0.262 e. The van der Waals surface area contributed by atoms with E-state index in [1.54, 1.807) is 4.57 Å². The predicted octanol–water partition coefficient (Wildman–Crippen LogP) is 1.60. The van der Waals surface area contributed by atoms with Crippen molar-refractivity contribution < 1.29 is 14.4 Å². The van der Waals surface area contributed by atoms with Crippen LogP contribution in [-0.2, 0) is 22.5 Å². The largest absolute Gasteiger partial charge is 0.370 e. The van der Waals surface area contributed by atoms with Crippen molar-refractivity contribution in [2.45, 2.75) is 25.0 Å². The van der Waals surface area contributed by atoms with Crippen LogP contribution in [0.2, 0.25) is 0 Å². The quantitative estimate of drug-likeness (QED) is 0.400. The highest BCUT2D eigenvalue weighted by Gasteiger charge is 2.17. The molecule has 1 aromatic heterocycles. The SMILES string of the molecule is CCc1ccc(NC(=O)CSc2nc3ccccc3c(=O)n2CC[NH+]2CCOCC2)cc1. The number of nitrogens with one attached hydrogen (secondary N) is 2. The van der Waals surface area contributed by atoms with Gasteiger partial charge >= 0.3 is 0 Å². The number of amides is 1. The molecular weight excluding hydrogens is 424 g/mol. The zero-order valence-corrected chi connectivity index (χ0v) is 19.1. The maximum absolute atomic E-state index is 13.2. The Hall–Kier alpha value is -2.68. The lowest BCUT2D eigenvalue weighted by molar-refractivity contribution is -0.908. The monoisotopic (exact) mass is 453 g/mol. The van der Waals surface area contributed by atoms with E-state index in [9.17, 15) is 9.59 Å². The number of morpholine rings is 1. The van der Waals surface area contributed by atoms with E-state index < -0.39 is 0 Å². The number of carbonyl (C=O) groups is 1. The van der Waals surface area contributed by atoms with Crippen LogP contribution in [0, 0.1) is 0 Å². The first-order valence-corrected chi connectivity index (χ1v) is 12.0. The lowest BCUT2D eigenvalue weighted by Gasteiger charge is -2.24. The average molecular weight is 454 g/mol. The van der Waals surface area contributed by atoms with Gasteiger partial charge in [0.2, 0.25) is 5.91 Å². The third kappa shape index (κ3) is 5.56. The summed E-state index contributed by atoms with van der Waals surface area (Å²) in [7, 11) is 0. The highest BCUT2D eigenvalue weighted by atomic mass is 32.2. The number of thioether (sulfide) groups is 1. The topological polar surface area (TPSA) is 77.7 Å². The van der Waals surface area contributed by atoms with Gasteiger partial charge in [-0.1, -0.05) is 43.0 Å². The van der Waals surface area contributed by atoms with Crippen molar-refractivity contribution >= 4 is 34.3 Å². The fraction of sp³-hybridized carbons (Fsp3) is 0.375. The van der Waals surface area contributed by atoms with Crippen LogP contribution in [0.4, 0.5) is 5.69 Å².